The topological polar surface area (TPSA) is 64.8 Å². The SMILES string of the molecule is COc1cc(N)c(Cl)cc1C(=O)N1CCOC(c2ccsc2)C1.Cl. The number of hydrogen-bond donors (Lipinski definition) is 1. The highest BCUT2D eigenvalue weighted by Crippen LogP contribution is 2.31. The fraction of sp³-hybridized carbons (Fsp3) is 0.312. The van der Waals surface area contributed by atoms with Crippen LogP contribution in [0.2, 0.25) is 5.02 Å². The van der Waals surface area contributed by atoms with Crippen LogP contribution in [0.1, 0.15) is 22.0 Å². The fourth-order valence-corrected chi connectivity index (χ4v) is 3.43. The van der Waals surface area contributed by atoms with Gasteiger partial charge in [0.15, 0.2) is 0 Å². The van der Waals surface area contributed by atoms with E-state index < -0.39 is 0 Å². The van der Waals surface area contributed by atoms with E-state index in [1.807, 2.05) is 16.8 Å². The minimum absolute atomic E-state index is 0. The van der Waals surface area contributed by atoms with Crippen molar-refractivity contribution in [2.45, 2.75) is 6.10 Å². The number of ether oxygens (including phenoxy) is 2. The molecule has 3 rings (SSSR count). The molecule has 1 amide bonds. The van der Waals surface area contributed by atoms with Crippen LogP contribution in [0.3, 0.4) is 0 Å². The van der Waals surface area contributed by atoms with Gasteiger partial charge in [0.2, 0.25) is 0 Å². The molecular weight excluding hydrogens is 371 g/mol. The van der Waals surface area contributed by atoms with Crippen LogP contribution < -0.4 is 10.5 Å². The van der Waals surface area contributed by atoms with E-state index in [1.54, 1.807) is 28.4 Å². The summed E-state index contributed by atoms with van der Waals surface area (Å²) in [6.07, 6.45) is -0.103. The van der Waals surface area contributed by atoms with Crippen LogP contribution in [0.4, 0.5) is 5.69 Å². The average Bonchev–Trinajstić information content (AvgIpc) is 3.11. The molecule has 1 unspecified atom stereocenters. The van der Waals surface area contributed by atoms with E-state index in [0.717, 1.165) is 5.56 Å². The Kier molecular flexibility index (Phi) is 6.34. The molecule has 130 valence electrons. The van der Waals surface area contributed by atoms with Gasteiger partial charge in [-0.05, 0) is 28.5 Å². The highest BCUT2D eigenvalue weighted by atomic mass is 35.5. The number of thiophene rings is 1. The van der Waals surface area contributed by atoms with E-state index in [4.69, 9.17) is 26.8 Å². The average molecular weight is 389 g/mol. The quantitative estimate of drug-likeness (QED) is 0.815. The van der Waals surface area contributed by atoms with Gasteiger partial charge >= 0.3 is 0 Å². The number of anilines is 1. The maximum absolute atomic E-state index is 12.9. The third-order valence-corrected chi connectivity index (χ3v) is 4.85. The van der Waals surface area contributed by atoms with Gasteiger partial charge in [0.25, 0.3) is 5.91 Å². The number of hydrogen-bond acceptors (Lipinski definition) is 5. The second-order valence-corrected chi connectivity index (χ2v) is 6.43. The predicted octanol–water partition coefficient (Wildman–Crippen LogP) is 3.63. The molecule has 1 aromatic heterocycles. The number of nitrogens with two attached hydrogens (primary N) is 1. The Balaban J connectivity index is 0.00000208. The van der Waals surface area contributed by atoms with Crippen LogP contribution >= 0.6 is 35.3 Å². The maximum Gasteiger partial charge on any atom is 0.257 e. The Morgan fingerprint density at radius 2 is 2.29 bits per heavy atom. The van der Waals surface area contributed by atoms with Gasteiger partial charge in [-0.1, -0.05) is 11.6 Å². The summed E-state index contributed by atoms with van der Waals surface area (Å²) in [5.74, 6) is 0.294. The molecule has 0 saturated carbocycles. The first-order chi connectivity index (χ1) is 11.1. The monoisotopic (exact) mass is 388 g/mol. The molecule has 1 saturated heterocycles. The van der Waals surface area contributed by atoms with Crippen LogP contribution in [-0.4, -0.2) is 37.6 Å². The summed E-state index contributed by atoms with van der Waals surface area (Å²) < 4.78 is 11.0. The van der Waals surface area contributed by atoms with Gasteiger partial charge < -0.3 is 20.1 Å². The molecule has 5 nitrogen and oxygen atoms in total. The number of halogens is 2. The number of benzene rings is 1. The van der Waals surface area contributed by atoms with Crippen LogP contribution in [-0.2, 0) is 4.74 Å². The van der Waals surface area contributed by atoms with Crippen molar-refractivity contribution in [1.29, 1.82) is 0 Å². The third kappa shape index (κ3) is 3.78. The van der Waals surface area contributed by atoms with Crippen LogP contribution in [0.25, 0.3) is 0 Å². The zero-order valence-electron chi connectivity index (χ0n) is 13.0. The van der Waals surface area contributed by atoms with E-state index >= 15 is 0 Å². The fourth-order valence-electron chi connectivity index (χ4n) is 2.57. The summed E-state index contributed by atoms with van der Waals surface area (Å²) in [7, 11) is 1.51. The van der Waals surface area contributed by atoms with Gasteiger partial charge in [-0.25, -0.2) is 0 Å². The summed E-state index contributed by atoms with van der Waals surface area (Å²) in [5.41, 5.74) is 7.67. The summed E-state index contributed by atoms with van der Waals surface area (Å²) in [6, 6.07) is 5.16. The molecule has 0 aliphatic carbocycles. The normalized spacial score (nSPS) is 17.2. The van der Waals surface area contributed by atoms with Crippen molar-refractivity contribution in [2.75, 3.05) is 32.5 Å². The van der Waals surface area contributed by atoms with E-state index in [-0.39, 0.29) is 24.4 Å². The van der Waals surface area contributed by atoms with Crippen molar-refractivity contribution >= 4 is 46.9 Å². The largest absolute Gasteiger partial charge is 0.496 e. The molecule has 1 aliphatic heterocycles. The second kappa shape index (κ2) is 8.07. The second-order valence-electron chi connectivity index (χ2n) is 5.24. The lowest BCUT2D eigenvalue weighted by Gasteiger charge is -2.33. The van der Waals surface area contributed by atoms with E-state index in [0.29, 0.717) is 41.7 Å². The number of amides is 1. The number of nitrogen functional groups attached to an aromatic ring is 1. The van der Waals surface area contributed by atoms with Gasteiger partial charge in [-0.15, -0.1) is 12.4 Å². The Morgan fingerprint density at radius 1 is 1.50 bits per heavy atom. The van der Waals surface area contributed by atoms with Crippen LogP contribution in [0.5, 0.6) is 5.75 Å². The minimum Gasteiger partial charge on any atom is -0.496 e. The van der Waals surface area contributed by atoms with Crippen molar-refractivity contribution in [3.05, 3.63) is 45.1 Å². The first-order valence-electron chi connectivity index (χ1n) is 7.16. The molecule has 8 heteroatoms. The van der Waals surface area contributed by atoms with Gasteiger partial charge in [0.1, 0.15) is 11.9 Å². The molecule has 0 spiro atoms. The zero-order chi connectivity index (χ0) is 16.4. The lowest BCUT2D eigenvalue weighted by atomic mass is 10.1. The predicted molar refractivity (Wildman–Crippen MR) is 98.6 cm³/mol. The third-order valence-electron chi connectivity index (χ3n) is 3.82. The molecule has 2 aromatic rings. The molecule has 1 atom stereocenters. The van der Waals surface area contributed by atoms with Crippen molar-refractivity contribution in [3.63, 3.8) is 0 Å². The molecule has 24 heavy (non-hydrogen) atoms. The molecule has 1 aromatic carbocycles. The summed E-state index contributed by atoms with van der Waals surface area (Å²) in [5, 5.41) is 4.39. The van der Waals surface area contributed by atoms with Gasteiger partial charge in [-0.2, -0.15) is 11.3 Å². The Hall–Kier alpha value is -1.47. The Morgan fingerprint density at radius 3 is 2.96 bits per heavy atom. The molecule has 0 bridgehead atoms. The highest BCUT2D eigenvalue weighted by Gasteiger charge is 2.28. The maximum atomic E-state index is 12.9. The Labute approximate surface area is 155 Å². The molecular formula is C16H18Cl2N2O3S. The van der Waals surface area contributed by atoms with Gasteiger partial charge in [0.05, 0.1) is 36.5 Å². The van der Waals surface area contributed by atoms with Gasteiger partial charge in [0, 0.05) is 12.6 Å². The molecule has 0 radical (unpaired) electrons. The zero-order valence-corrected chi connectivity index (χ0v) is 15.4. The summed E-state index contributed by atoms with van der Waals surface area (Å²) in [6.45, 7) is 1.53. The number of nitrogens with zero attached hydrogens (tertiary/aromatic N) is 1. The first-order valence-corrected chi connectivity index (χ1v) is 8.48. The van der Waals surface area contributed by atoms with Crippen LogP contribution in [0.15, 0.2) is 29.0 Å². The lowest BCUT2D eigenvalue weighted by Crippen LogP contribution is -2.42. The molecule has 1 aliphatic rings. The molecule has 2 N–H and O–H groups in total. The first kappa shape index (κ1) is 18.9. The van der Waals surface area contributed by atoms with E-state index in [1.165, 1.54) is 7.11 Å². The smallest absolute Gasteiger partial charge is 0.257 e. The van der Waals surface area contributed by atoms with Crippen molar-refractivity contribution in [3.8, 4) is 5.75 Å². The standard InChI is InChI=1S/C16H17ClN2O3S.ClH/c1-21-14-7-13(18)12(17)6-11(14)16(20)19-3-4-22-15(8-19)10-2-5-23-9-10;/h2,5-7,9,15H,3-4,8,18H2,1H3;1H. The molecule has 1 fully saturated rings. The lowest BCUT2D eigenvalue weighted by molar-refractivity contribution is -0.0227. The number of carbonyl (C=O) groups is 1. The Bertz CT molecular complexity index is 710. The van der Waals surface area contributed by atoms with Crippen LogP contribution in [0, 0.1) is 0 Å². The highest BCUT2D eigenvalue weighted by molar-refractivity contribution is 7.07. The van der Waals surface area contributed by atoms with Crippen molar-refractivity contribution < 1.29 is 14.3 Å². The molecule has 2 heterocycles. The number of methoxy groups -OCH3 is 1. The van der Waals surface area contributed by atoms with Gasteiger partial charge in [-0.3, -0.25) is 4.79 Å². The number of rotatable bonds is 3. The van der Waals surface area contributed by atoms with E-state index in [9.17, 15) is 4.79 Å². The van der Waals surface area contributed by atoms with E-state index in [2.05, 4.69) is 0 Å². The summed E-state index contributed by atoms with van der Waals surface area (Å²) >= 11 is 7.68. The summed E-state index contributed by atoms with van der Waals surface area (Å²) in [4.78, 5) is 14.6. The number of carbonyl (C=O) groups excluding carboxylic acids is 1. The minimum atomic E-state index is -0.132. The number of morpholine rings is 1. The van der Waals surface area contributed by atoms with Crippen molar-refractivity contribution in [2.24, 2.45) is 0 Å². The van der Waals surface area contributed by atoms with Crippen molar-refractivity contribution in [1.82, 2.24) is 4.90 Å².